The first kappa shape index (κ1) is 15.7. The molecule has 0 aliphatic carbocycles. The molecule has 2 aromatic rings. The lowest BCUT2D eigenvalue weighted by Gasteiger charge is -1.98. The Morgan fingerprint density at radius 1 is 0.826 bits per heavy atom. The lowest BCUT2D eigenvalue weighted by molar-refractivity contribution is -0.394. The third kappa shape index (κ3) is 3.69. The minimum absolute atomic E-state index is 0.0482. The molecular weight excluding hydrogens is 308 g/mol. The maximum atomic E-state index is 11.0. The number of rotatable bonds is 5. The van der Waals surface area contributed by atoms with Crippen molar-refractivity contribution in [2.45, 2.75) is 0 Å². The molecule has 0 atom stereocenters. The molecule has 0 saturated carbocycles. The summed E-state index contributed by atoms with van der Waals surface area (Å²) < 4.78 is 0. The highest BCUT2D eigenvalue weighted by Gasteiger charge is 2.18. The first-order chi connectivity index (χ1) is 10.9. The Morgan fingerprint density at radius 2 is 1.48 bits per heavy atom. The van der Waals surface area contributed by atoms with Crippen LogP contribution in [0.5, 0.6) is 0 Å². The summed E-state index contributed by atoms with van der Waals surface area (Å²) in [5.41, 5.74) is -0.783. The number of nitrogens with zero attached hydrogens (tertiary/aromatic N) is 4. The molecule has 2 aromatic carbocycles. The van der Waals surface area contributed by atoms with E-state index in [0.717, 1.165) is 18.3 Å². The van der Waals surface area contributed by atoms with Crippen LogP contribution in [0.15, 0.2) is 47.5 Å². The quantitative estimate of drug-likeness (QED) is 0.471. The Labute approximate surface area is 128 Å². The van der Waals surface area contributed by atoms with Gasteiger partial charge in [0, 0.05) is 24.4 Å². The fourth-order valence-corrected chi connectivity index (χ4v) is 1.74. The molecule has 0 radical (unpaired) electrons. The Balaban J connectivity index is 2.39. The zero-order valence-corrected chi connectivity index (χ0v) is 11.4. The Morgan fingerprint density at radius 3 is 2.09 bits per heavy atom. The number of nitro benzene ring substituents is 3. The summed E-state index contributed by atoms with van der Waals surface area (Å²) in [4.78, 5) is 34.1. The van der Waals surface area contributed by atoms with Gasteiger partial charge in [-0.05, 0) is 12.1 Å². The van der Waals surface area contributed by atoms with E-state index in [9.17, 15) is 30.3 Å². The second-order valence-electron chi connectivity index (χ2n) is 4.29. The van der Waals surface area contributed by atoms with Gasteiger partial charge in [-0.15, -0.1) is 0 Å². The number of benzene rings is 2. The molecule has 10 nitrogen and oxygen atoms in total. The van der Waals surface area contributed by atoms with Crippen LogP contribution in [0.2, 0.25) is 0 Å². The van der Waals surface area contributed by atoms with Gasteiger partial charge in [-0.2, -0.15) is 0 Å². The molecular formula is C13H8N4O6. The normalized spacial score (nSPS) is 10.6. The second-order valence-corrected chi connectivity index (χ2v) is 4.29. The van der Waals surface area contributed by atoms with Crippen LogP contribution >= 0.6 is 0 Å². The molecule has 2 rings (SSSR count). The summed E-state index contributed by atoms with van der Waals surface area (Å²) in [6, 6.07) is 8.53. The molecule has 0 heterocycles. The standard InChI is InChI=1S/C13H8N4O6/c18-15(19)11-3-1-2-10(6-11)14-8-9-4-5-12(16(20)21)7-13(9)17(22)23/h1-8H. The topological polar surface area (TPSA) is 142 Å². The van der Waals surface area contributed by atoms with E-state index < -0.39 is 26.1 Å². The SMILES string of the molecule is O=[N+]([O-])c1cccc(N=Cc2ccc([N+](=O)[O-])cc2[N+](=O)[O-])c1. The van der Waals surface area contributed by atoms with Gasteiger partial charge in [-0.1, -0.05) is 6.07 Å². The van der Waals surface area contributed by atoms with Crippen LogP contribution in [0.1, 0.15) is 5.56 Å². The molecule has 0 N–H and O–H groups in total. The van der Waals surface area contributed by atoms with Crippen LogP contribution in [0, 0.1) is 30.3 Å². The van der Waals surface area contributed by atoms with Crippen molar-refractivity contribution >= 4 is 29.0 Å². The molecule has 116 valence electrons. The summed E-state index contributed by atoms with van der Waals surface area (Å²) in [5.74, 6) is 0. The van der Waals surface area contributed by atoms with E-state index >= 15 is 0 Å². The average molecular weight is 316 g/mol. The van der Waals surface area contributed by atoms with E-state index in [2.05, 4.69) is 4.99 Å². The highest BCUT2D eigenvalue weighted by Crippen LogP contribution is 2.25. The smallest absolute Gasteiger partial charge is 0.258 e. The molecule has 23 heavy (non-hydrogen) atoms. The maximum Gasteiger partial charge on any atom is 0.285 e. The van der Waals surface area contributed by atoms with Crippen molar-refractivity contribution in [3.63, 3.8) is 0 Å². The van der Waals surface area contributed by atoms with E-state index in [1.807, 2.05) is 0 Å². The largest absolute Gasteiger partial charge is 0.285 e. The molecule has 0 spiro atoms. The minimum Gasteiger partial charge on any atom is -0.258 e. The molecule has 0 bridgehead atoms. The number of hydrogen-bond acceptors (Lipinski definition) is 7. The monoisotopic (exact) mass is 316 g/mol. The predicted molar refractivity (Wildman–Crippen MR) is 80.1 cm³/mol. The highest BCUT2D eigenvalue weighted by molar-refractivity contribution is 5.87. The molecule has 0 saturated heterocycles. The lowest BCUT2D eigenvalue weighted by Crippen LogP contribution is -1.97. The van der Waals surface area contributed by atoms with Gasteiger partial charge in [-0.3, -0.25) is 35.3 Å². The predicted octanol–water partition coefficient (Wildman–Crippen LogP) is 3.16. The fraction of sp³-hybridized carbons (Fsp3) is 0. The first-order valence-electron chi connectivity index (χ1n) is 6.10. The summed E-state index contributed by atoms with van der Waals surface area (Å²) >= 11 is 0. The van der Waals surface area contributed by atoms with Crippen LogP contribution in [0.25, 0.3) is 0 Å². The van der Waals surface area contributed by atoms with Crippen LogP contribution in [-0.4, -0.2) is 21.0 Å². The molecule has 0 aromatic heterocycles. The van der Waals surface area contributed by atoms with Crippen molar-refractivity contribution in [1.82, 2.24) is 0 Å². The van der Waals surface area contributed by atoms with E-state index in [0.29, 0.717) is 0 Å². The average Bonchev–Trinajstić information content (AvgIpc) is 2.52. The van der Waals surface area contributed by atoms with Gasteiger partial charge in [0.1, 0.15) is 0 Å². The van der Waals surface area contributed by atoms with Crippen LogP contribution in [-0.2, 0) is 0 Å². The third-order valence-electron chi connectivity index (χ3n) is 2.81. The minimum atomic E-state index is -0.762. The third-order valence-corrected chi connectivity index (χ3v) is 2.81. The Kier molecular flexibility index (Phi) is 4.36. The van der Waals surface area contributed by atoms with Gasteiger partial charge in [0.2, 0.25) is 0 Å². The first-order valence-corrected chi connectivity index (χ1v) is 6.10. The Hall–Kier alpha value is -3.69. The van der Waals surface area contributed by atoms with E-state index in [1.165, 1.54) is 30.3 Å². The van der Waals surface area contributed by atoms with Crippen LogP contribution in [0.3, 0.4) is 0 Å². The van der Waals surface area contributed by atoms with Gasteiger partial charge >= 0.3 is 0 Å². The summed E-state index contributed by atoms with van der Waals surface area (Å²) in [7, 11) is 0. The zero-order valence-electron chi connectivity index (χ0n) is 11.4. The van der Waals surface area contributed by atoms with Crippen molar-refractivity contribution in [2.75, 3.05) is 0 Å². The summed E-state index contributed by atoms with van der Waals surface area (Å²) in [6.45, 7) is 0. The molecule has 0 fully saturated rings. The van der Waals surface area contributed by atoms with E-state index in [-0.39, 0.29) is 16.9 Å². The molecule has 0 unspecified atom stereocenters. The number of nitro groups is 3. The summed E-state index contributed by atoms with van der Waals surface area (Å²) in [5, 5.41) is 32.3. The van der Waals surface area contributed by atoms with Gasteiger partial charge < -0.3 is 0 Å². The van der Waals surface area contributed by atoms with Gasteiger partial charge in [-0.25, -0.2) is 0 Å². The van der Waals surface area contributed by atoms with Crippen molar-refractivity contribution in [3.05, 3.63) is 78.4 Å². The van der Waals surface area contributed by atoms with E-state index in [4.69, 9.17) is 0 Å². The van der Waals surface area contributed by atoms with Crippen LogP contribution < -0.4 is 0 Å². The van der Waals surface area contributed by atoms with Crippen molar-refractivity contribution < 1.29 is 14.8 Å². The number of hydrogen-bond donors (Lipinski definition) is 0. The highest BCUT2D eigenvalue weighted by atomic mass is 16.6. The second kappa shape index (κ2) is 6.39. The molecule has 0 aliphatic rings. The van der Waals surface area contributed by atoms with Crippen molar-refractivity contribution in [1.29, 1.82) is 0 Å². The summed E-state index contributed by atoms with van der Waals surface area (Å²) in [6.07, 6.45) is 1.13. The number of non-ortho nitro benzene ring substituents is 2. The maximum absolute atomic E-state index is 11.0. The van der Waals surface area contributed by atoms with Gasteiger partial charge in [0.25, 0.3) is 17.1 Å². The fourth-order valence-electron chi connectivity index (χ4n) is 1.74. The molecule has 0 aliphatic heterocycles. The van der Waals surface area contributed by atoms with Gasteiger partial charge in [0.15, 0.2) is 0 Å². The van der Waals surface area contributed by atoms with Crippen LogP contribution in [0.4, 0.5) is 22.7 Å². The Bertz CT molecular complexity index is 833. The van der Waals surface area contributed by atoms with Crippen molar-refractivity contribution in [3.8, 4) is 0 Å². The van der Waals surface area contributed by atoms with E-state index in [1.54, 1.807) is 0 Å². The lowest BCUT2D eigenvalue weighted by atomic mass is 10.1. The van der Waals surface area contributed by atoms with Gasteiger partial charge in [0.05, 0.1) is 32.1 Å². The van der Waals surface area contributed by atoms with Crippen molar-refractivity contribution in [2.24, 2.45) is 4.99 Å². The molecule has 0 amide bonds. The zero-order chi connectivity index (χ0) is 17.0. The number of aliphatic imine (C=N–C) groups is 1. The molecule has 10 heteroatoms.